The van der Waals surface area contributed by atoms with E-state index in [1.807, 2.05) is 30.3 Å². The third-order valence-electron chi connectivity index (χ3n) is 2.85. The van der Waals surface area contributed by atoms with Crippen molar-refractivity contribution >= 4 is 5.91 Å². The molecule has 0 aliphatic carbocycles. The van der Waals surface area contributed by atoms with Crippen LogP contribution in [-0.2, 0) is 11.2 Å². The first-order valence-corrected chi connectivity index (χ1v) is 6.51. The summed E-state index contributed by atoms with van der Waals surface area (Å²) in [6.45, 7) is 1.32. The number of nitrogens with one attached hydrogen (secondary N) is 1. The van der Waals surface area contributed by atoms with Crippen LogP contribution >= 0.6 is 0 Å². The number of benzene rings is 1. The third kappa shape index (κ3) is 5.80. The smallest absolute Gasteiger partial charge is 0.236 e. The predicted molar refractivity (Wildman–Crippen MR) is 74.0 cm³/mol. The molecular formula is C14H23N3O. The van der Waals surface area contributed by atoms with Crippen molar-refractivity contribution in [3.05, 3.63) is 35.9 Å². The molecule has 0 unspecified atom stereocenters. The zero-order chi connectivity index (χ0) is 13.2. The van der Waals surface area contributed by atoms with E-state index in [9.17, 15) is 4.79 Å². The van der Waals surface area contributed by atoms with E-state index in [1.54, 1.807) is 0 Å². The first kappa shape index (κ1) is 14.7. The molecule has 0 saturated heterocycles. The molecule has 5 N–H and O–H groups in total. The van der Waals surface area contributed by atoms with Crippen molar-refractivity contribution in [3.8, 4) is 0 Å². The van der Waals surface area contributed by atoms with E-state index in [2.05, 4.69) is 5.32 Å². The van der Waals surface area contributed by atoms with Crippen LogP contribution in [0.25, 0.3) is 0 Å². The van der Waals surface area contributed by atoms with E-state index in [-0.39, 0.29) is 5.91 Å². The van der Waals surface area contributed by atoms with Crippen LogP contribution in [0.2, 0.25) is 0 Å². The number of aryl methyl sites for hydroxylation is 1. The molecule has 1 rings (SSSR count). The van der Waals surface area contributed by atoms with Crippen molar-refractivity contribution in [1.29, 1.82) is 0 Å². The van der Waals surface area contributed by atoms with Crippen molar-refractivity contribution in [2.24, 2.45) is 11.5 Å². The van der Waals surface area contributed by atoms with Gasteiger partial charge in [0.2, 0.25) is 5.91 Å². The van der Waals surface area contributed by atoms with Crippen LogP contribution < -0.4 is 16.8 Å². The lowest BCUT2D eigenvalue weighted by Crippen LogP contribution is -2.41. The summed E-state index contributed by atoms with van der Waals surface area (Å²) in [5, 5.41) is 2.83. The maximum absolute atomic E-state index is 11.7. The molecular weight excluding hydrogens is 226 g/mol. The number of unbranched alkanes of at least 4 members (excludes halogenated alkanes) is 1. The molecule has 1 aromatic rings. The second kappa shape index (κ2) is 8.66. The Hall–Kier alpha value is -1.39. The Balaban J connectivity index is 2.19. The van der Waals surface area contributed by atoms with Gasteiger partial charge in [-0.15, -0.1) is 0 Å². The maximum Gasteiger partial charge on any atom is 0.236 e. The molecule has 18 heavy (non-hydrogen) atoms. The molecule has 0 aliphatic heterocycles. The van der Waals surface area contributed by atoms with Gasteiger partial charge in [0.05, 0.1) is 6.04 Å². The van der Waals surface area contributed by atoms with Gasteiger partial charge in [0.25, 0.3) is 0 Å². The Morgan fingerprint density at radius 1 is 1.22 bits per heavy atom. The average molecular weight is 249 g/mol. The molecule has 100 valence electrons. The molecule has 1 aromatic carbocycles. The van der Waals surface area contributed by atoms with Crippen LogP contribution in [0.5, 0.6) is 0 Å². The Morgan fingerprint density at radius 3 is 2.61 bits per heavy atom. The highest BCUT2D eigenvalue weighted by Gasteiger charge is 2.12. The molecule has 0 spiro atoms. The third-order valence-corrected chi connectivity index (χ3v) is 2.85. The van der Waals surface area contributed by atoms with Gasteiger partial charge >= 0.3 is 0 Å². The lowest BCUT2D eigenvalue weighted by atomic mass is 10.1. The minimum absolute atomic E-state index is 0.0667. The van der Waals surface area contributed by atoms with E-state index in [1.165, 1.54) is 5.56 Å². The van der Waals surface area contributed by atoms with E-state index in [0.29, 0.717) is 19.5 Å². The van der Waals surface area contributed by atoms with Gasteiger partial charge in [0.15, 0.2) is 0 Å². The number of hydrogen-bond donors (Lipinski definition) is 3. The van der Waals surface area contributed by atoms with Crippen LogP contribution in [0, 0.1) is 0 Å². The molecule has 0 fully saturated rings. The molecule has 1 atom stereocenters. The van der Waals surface area contributed by atoms with Crippen LogP contribution in [-0.4, -0.2) is 25.0 Å². The van der Waals surface area contributed by atoms with Gasteiger partial charge in [-0.2, -0.15) is 0 Å². The van der Waals surface area contributed by atoms with E-state index >= 15 is 0 Å². The van der Waals surface area contributed by atoms with E-state index in [4.69, 9.17) is 11.5 Å². The predicted octanol–water partition coefficient (Wildman–Crippen LogP) is 0.802. The minimum Gasteiger partial charge on any atom is -0.355 e. The van der Waals surface area contributed by atoms with Crippen molar-refractivity contribution in [2.75, 3.05) is 13.1 Å². The quantitative estimate of drug-likeness (QED) is 0.596. The van der Waals surface area contributed by atoms with Gasteiger partial charge in [-0.05, 0) is 37.8 Å². The summed E-state index contributed by atoms with van der Waals surface area (Å²) in [6.07, 6.45) is 3.35. The Labute approximate surface area is 109 Å². The summed E-state index contributed by atoms with van der Waals surface area (Å²) in [4.78, 5) is 11.7. The van der Waals surface area contributed by atoms with Gasteiger partial charge in [-0.3, -0.25) is 4.79 Å². The monoisotopic (exact) mass is 249 g/mol. The Morgan fingerprint density at radius 2 is 1.94 bits per heavy atom. The van der Waals surface area contributed by atoms with Gasteiger partial charge in [0.1, 0.15) is 0 Å². The van der Waals surface area contributed by atoms with Crippen molar-refractivity contribution in [1.82, 2.24) is 5.32 Å². The zero-order valence-corrected chi connectivity index (χ0v) is 10.8. The fourth-order valence-electron chi connectivity index (χ4n) is 1.71. The fourth-order valence-corrected chi connectivity index (χ4v) is 1.71. The summed E-state index contributed by atoms with van der Waals surface area (Å²) < 4.78 is 0. The highest BCUT2D eigenvalue weighted by molar-refractivity contribution is 5.81. The largest absolute Gasteiger partial charge is 0.355 e. The number of rotatable bonds is 8. The van der Waals surface area contributed by atoms with Crippen molar-refractivity contribution in [3.63, 3.8) is 0 Å². The SMILES string of the molecule is NCCCCNC(=O)[C@@H](N)CCc1ccccc1. The topological polar surface area (TPSA) is 81.1 Å². The van der Waals surface area contributed by atoms with E-state index in [0.717, 1.165) is 19.3 Å². The lowest BCUT2D eigenvalue weighted by molar-refractivity contribution is -0.122. The zero-order valence-electron chi connectivity index (χ0n) is 10.8. The summed E-state index contributed by atoms with van der Waals surface area (Å²) in [6, 6.07) is 9.63. The van der Waals surface area contributed by atoms with Gasteiger partial charge in [-0.25, -0.2) is 0 Å². The maximum atomic E-state index is 11.7. The summed E-state index contributed by atoms with van der Waals surface area (Å²) in [7, 11) is 0. The molecule has 0 aliphatic rings. The van der Waals surface area contributed by atoms with Gasteiger partial charge in [0, 0.05) is 6.54 Å². The molecule has 0 saturated carbocycles. The highest BCUT2D eigenvalue weighted by atomic mass is 16.2. The summed E-state index contributed by atoms with van der Waals surface area (Å²) in [5.74, 6) is -0.0667. The number of carbonyl (C=O) groups is 1. The fraction of sp³-hybridized carbons (Fsp3) is 0.500. The Bertz CT molecular complexity index is 340. The molecule has 0 aromatic heterocycles. The summed E-state index contributed by atoms with van der Waals surface area (Å²) in [5.41, 5.74) is 12.4. The molecule has 0 bridgehead atoms. The Kier molecular flexibility index (Phi) is 7.06. The normalized spacial score (nSPS) is 12.1. The molecule has 4 heteroatoms. The van der Waals surface area contributed by atoms with Crippen LogP contribution in [0.1, 0.15) is 24.8 Å². The minimum atomic E-state index is -0.428. The second-order valence-electron chi connectivity index (χ2n) is 4.42. The first-order chi connectivity index (χ1) is 8.74. The van der Waals surface area contributed by atoms with Gasteiger partial charge in [-0.1, -0.05) is 30.3 Å². The summed E-state index contributed by atoms with van der Waals surface area (Å²) >= 11 is 0. The molecule has 4 nitrogen and oxygen atoms in total. The van der Waals surface area contributed by atoms with Crippen LogP contribution in [0.4, 0.5) is 0 Å². The number of amides is 1. The van der Waals surface area contributed by atoms with Crippen molar-refractivity contribution in [2.45, 2.75) is 31.7 Å². The average Bonchev–Trinajstić information content (AvgIpc) is 2.42. The van der Waals surface area contributed by atoms with Crippen molar-refractivity contribution < 1.29 is 4.79 Å². The first-order valence-electron chi connectivity index (χ1n) is 6.51. The molecule has 1 amide bonds. The number of hydrogen-bond acceptors (Lipinski definition) is 3. The van der Waals surface area contributed by atoms with Gasteiger partial charge < -0.3 is 16.8 Å². The van der Waals surface area contributed by atoms with E-state index < -0.39 is 6.04 Å². The highest BCUT2D eigenvalue weighted by Crippen LogP contribution is 2.04. The number of nitrogens with two attached hydrogens (primary N) is 2. The standard InChI is InChI=1S/C14H23N3O/c15-10-4-5-11-17-14(18)13(16)9-8-12-6-2-1-3-7-12/h1-3,6-7,13H,4-5,8-11,15-16H2,(H,17,18)/t13-/m0/s1. The molecule has 0 radical (unpaired) electrons. The van der Waals surface area contributed by atoms with Crippen LogP contribution in [0.3, 0.4) is 0 Å². The van der Waals surface area contributed by atoms with Crippen LogP contribution in [0.15, 0.2) is 30.3 Å². The number of carbonyl (C=O) groups excluding carboxylic acids is 1. The lowest BCUT2D eigenvalue weighted by Gasteiger charge is -2.12. The second-order valence-corrected chi connectivity index (χ2v) is 4.42. The molecule has 0 heterocycles.